The molecule has 1 N–H and O–H groups in total. The van der Waals surface area contributed by atoms with Gasteiger partial charge in [-0.3, -0.25) is 0 Å². The SMILES string of the molecule is Cc1ccc(NC2CC(c3cccc(Br)c3)C2)c(C)c1. The van der Waals surface area contributed by atoms with Crippen molar-refractivity contribution in [3.63, 3.8) is 0 Å². The maximum Gasteiger partial charge on any atom is 0.0372 e. The molecule has 1 aliphatic carbocycles. The van der Waals surface area contributed by atoms with Crippen molar-refractivity contribution in [2.45, 2.75) is 38.6 Å². The smallest absolute Gasteiger partial charge is 0.0372 e. The van der Waals surface area contributed by atoms with Gasteiger partial charge >= 0.3 is 0 Å². The van der Waals surface area contributed by atoms with Crippen molar-refractivity contribution < 1.29 is 0 Å². The van der Waals surface area contributed by atoms with Gasteiger partial charge in [0.2, 0.25) is 0 Å². The zero-order valence-electron chi connectivity index (χ0n) is 12.0. The molecule has 0 bridgehead atoms. The minimum atomic E-state index is 0.611. The molecule has 20 heavy (non-hydrogen) atoms. The molecule has 0 atom stereocenters. The second-order valence-electron chi connectivity index (χ2n) is 5.88. The summed E-state index contributed by atoms with van der Waals surface area (Å²) in [6.45, 7) is 4.32. The summed E-state index contributed by atoms with van der Waals surface area (Å²) in [6, 6.07) is 15.9. The second kappa shape index (κ2) is 5.61. The van der Waals surface area contributed by atoms with E-state index in [9.17, 15) is 0 Å². The summed E-state index contributed by atoms with van der Waals surface area (Å²) in [4.78, 5) is 0. The molecule has 0 heterocycles. The number of hydrogen-bond acceptors (Lipinski definition) is 1. The summed E-state index contributed by atoms with van der Waals surface area (Å²) in [7, 11) is 0. The van der Waals surface area contributed by atoms with Gasteiger partial charge in [-0.1, -0.05) is 45.8 Å². The van der Waals surface area contributed by atoms with Crippen LogP contribution < -0.4 is 5.32 Å². The van der Waals surface area contributed by atoms with E-state index >= 15 is 0 Å². The van der Waals surface area contributed by atoms with E-state index in [4.69, 9.17) is 0 Å². The number of halogens is 1. The normalized spacial score (nSPS) is 21.4. The zero-order chi connectivity index (χ0) is 14.1. The van der Waals surface area contributed by atoms with Gasteiger partial charge in [0.15, 0.2) is 0 Å². The molecule has 1 aliphatic rings. The third-order valence-corrected chi connectivity index (χ3v) is 4.69. The van der Waals surface area contributed by atoms with Crippen molar-refractivity contribution in [1.29, 1.82) is 0 Å². The Hall–Kier alpha value is -1.28. The Labute approximate surface area is 129 Å². The van der Waals surface area contributed by atoms with Gasteiger partial charge in [0.05, 0.1) is 0 Å². The minimum Gasteiger partial charge on any atom is -0.382 e. The molecule has 2 heteroatoms. The third kappa shape index (κ3) is 2.90. The first kappa shape index (κ1) is 13.7. The molecule has 0 unspecified atom stereocenters. The summed E-state index contributed by atoms with van der Waals surface area (Å²) in [5.74, 6) is 0.704. The lowest BCUT2D eigenvalue weighted by molar-refractivity contribution is 0.374. The van der Waals surface area contributed by atoms with E-state index < -0.39 is 0 Å². The lowest BCUT2D eigenvalue weighted by Gasteiger charge is -2.37. The highest BCUT2D eigenvalue weighted by Crippen LogP contribution is 2.39. The van der Waals surface area contributed by atoms with E-state index in [0.717, 1.165) is 0 Å². The molecular weight excluding hydrogens is 310 g/mol. The van der Waals surface area contributed by atoms with Crippen molar-refractivity contribution >= 4 is 21.6 Å². The van der Waals surface area contributed by atoms with Crippen LogP contribution in [-0.4, -0.2) is 6.04 Å². The fourth-order valence-electron chi connectivity index (χ4n) is 2.96. The Bertz CT molecular complexity index is 615. The Morgan fingerprint density at radius 3 is 2.55 bits per heavy atom. The van der Waals surface area contributed by atoms with Gasteiger partial charge in [0.1, 0.15) is 0 Å². The number of anilines is 1. The van der Waals surface area contributed by atoms with Crippen LogP contribution in [0.3, 0.4) is 0 Å². The monoisotopic (exact) mass is 329 g/mol. The summed E-state index contributed by atoms with van der Waals surface area (Å²) in [5, 5.41) is 3.68. The first-order valence-corrected chi connectivity index (χ1v) is 8.00. The molecule has 0 aromatic heterocycles. The quantitative estimate of drug-likeness (QED) is 0.792. The molecular formula is C18H20BrN. The average Bonchev–Trinajstić information content (AvgIpc) is 2.35. The van der Waals surface area contributed by atoms with Gasteiger partial charge in [-0.15, -0.1) is 0 Å². The lowest BCUT2D eigenvalue weighted by atomic mass is 9.76. The van der Waals surface area contributed by atoms with Crippen LogP contribution in [0.1, 0.15) is 35.4 Å². The fourth-order valence-corrected chi connectivity index (χ4v) is 3.38. The van der Waals surface area contributed by atoms with Gasteiger partial charge in [-0.05, 0) is 61.9 Å². The van der Waals surface area contributed by atoms with Gasteiger partial charge in [0.25, 0.3) is 0 Å². The van der Waals surface area contributed by atoms with Crippen LogP contribution in [0.15, 0.2) is 46.9 Å². The summed E-state index contributed by atoms with van der Waals surface area (Å²) in [5.41, 5.74) is 5.41. The van der Waals surface area contributed by atoms with Crippen LogP contribution in [0, 0.1) is 13.8 Å². The van der Waals surface area contributed by atoms with Crippen molar-refractivity contribution in [2.75, 3.05) is 5.32 Å². The van der Waals surface area contributed by atoms with Gasteiger partial charge in [-0.2, -0.15) is 0 Å². The molecule has 0 amide bonds. The maximum atomic E-state index is 3.68. The van der Waals surface area contributed by atoms with Crippen molar-refractivity contribution in [1.82, 2.24) is 0 Å². The highest BCUT2D eigenvalue weighted by Gasteiger charge is 2.30. The van der Waals surface area contributed by atoms with Gasteiger partial charge < -0.3 is 5.32 Å². The Balaban J connectivity index is 1.61. The standard InChI is InChI=1S/C18H20BrN/c1-12-6-7-18(13(2)8-12)20-17-10-15(11-17)14-4-3-5-16(19)9-14/h3-9,15,17,20H,10-11H2,1-2H3. The van der Waals surface area contributed by atoms with Crippen LogP contribution in [0.25, 0.3) is 0 Å². The molecule has 1 saturated carbocycles. The van der Waals surface area contributed by atoms with Gasteiger partial charge in [0, 0.05) is 16.2 Å². The summed E-state index contributed by atoms with van der Waals surface area (Å²) in [6.07, 6.45) is 2.45. The Kier molecular flexibility index (Phi) is 3.84. The van der Waals surface area contributed by atoms with Crippen molar-refractivity contribution in [2.24, 2.45) is 0 Å². The van der Waals surface area contributed by atoms with Crippen molar-refractivity contribution in [3.8, 4) is 0 Å². The number of aryl methyl sites for hydroxylation is 2. The highest BCUT2D eigenvalue weighted by atomic mass is 79.9. The average molecular weight is 330 g/mol. The molecule has 0 radical (unpaired) electrons. The van der Waals surface area contributed by atoms with Crippen LogP contribution in [0.5, 0.6) is 0 Å². The summed E-state index contributed by atoms with van der Waals surface area (Å²) < 4.78 is 1.18. The highest BCUT2D eigenvalue weighted by molar-refractivity contribution is 9.10. The predicted molar refractivity (Wildman–Crippen MR) is 89.4 cm³/mol. The van der Waals surface area contributed by atoms with E-state index in [1.54, 1.807) is 0 Å². The van der Waals surface area contributed by atoms with E-state index in [1.807, 2.05) is 0 Å². The number of nitrogens with one attached hydrogen (secondary N) is 1. The predicted octanol–water partition coefficient (Wildman–Crippen LogP) is 5.42. The molecule has 0 saturated heterocycles. The first-order chi connectivity index (χ1) is 9.61. The number of rotatable bonds is 3. The van der Waals surface area contributed by atoms with E-state index in [0.29, 0.717) is 12.0 Å². The van der Waals surface area contributed by atoms with Gasteiger partial charge in [-0.25, -0.2) is 0 Å². The number of benzene rings is 2. The molecule has 2 aromatic carbocycles. The Morgan fingerprint density at radius 2 is 1.85 bits per heavy atom. The Morgan fingerprint density at radius 1 is 1.05 bits per heavy atom. The lowest BCUT2D eigenvalue weighted by Crippen LogP contribution is -2.34. The third-order valence-electron chi connectivity index (χ3n) is 4.20. The molecule has 1 nitrogen and oxygen atoms in total. The molecule has 3 rings (SSSR count). The van der Waals surface area contributed by atoms with Crippen LogP contribution in [0.2, 0.25) is 0 Å². The topological polar surface area (TPSA) is 12.0 Å². The molecule has 104 valence electrons. The molecule has 2 aromatic rings. The molecule has 0 spiro atoms. The van der Waals surface area contributed by atoms with Crippen LogP contribution >= 0.6 is 15.9 Å². The molecule has 0 aliphatic heterocycles. The first-order valence-electron chi connectivity index (χ1n) is 7.21. The van der Waals surface area contributed by atoms with E-state index in [2.05, 4.69) is 77.6 Å². The summed E-state index contributed by atoms with van der Waals surface area (Å²) >= 11 is 3.55. The molecule has 1 fully saturated rings. The van der Waals surface area contributed by atoms with E-state index in [1.165, 1.54) is 39.7 Å². The van der Waals surface area contributed by atoms with Crippen LogP contribution in [0.4, 0.5) is 5.69 Å². The van der Waals surface area contributed by atoms with Crippen molar-refractivity contribution in [3.05, 3.63) is 63.6 Å². The largest absolute Gasteiger partial charge is 0.382 e. The fraction of sp³-hybridized carbons (Fsp3) is 0.333. The van der Waals surface area contributed by atoms with E-state index in [-0.39, 0.29) is 0 Å². The minimum absolute atomic E-state index is 0.611. The van der Waals surface area contributed by atoms with Crippen LogP contribution in [-0.2, 0) is 0 Å². The number of hydrogen-bond donors (Lipinski definition) is 1. The second-order valence-corrected chi connectivity index (χ2v) is 6.80. The zero-order valence-corrected chi connectivity index (χ0v) is 13.6. The maximum absolute atomic E-state index is 3.68.